The predicted molar refractivity (Wildman–Crippen MR) is 88.6 cm³/mol. The fourth-order valence-corrected chi connectivity index (χ4v) is 2.74. The van der Waals surface area contributed by atoms with E-state index >= 15 is 0 Å². The van der Waals surface area contributed by atoms with Crippen LogP contribution in [0.25, 0.3) is 0 Å². The molecule has 1 saturated heterocycles. The van der Waals surface area contributed by atoms with Crippen molar-refractivity contribution < 1.29 is 23.2 Å². The number of nitrogens with one attached hydrogen (secondary N) is 1. The standard InChI is InChI=1S/C17H19FN4O4/c1-25-6-5-15-20-14(21-26-15)9-19-17(24)11-7-16(23)22(10-11)13-4-2-3-12(18)8-13/h2-4,8,11H,5-7,9-10H2,1H3,(H,19,24). The van der Waals surface area contributed by atoms with Gasteiger partial charge >= 0.3 is 0 Å². The highest BCUT2D eigenvalue weighted by Gasteiger charge is 2.35. The smallest absolute Gasteiger partial charge is 0.229 e. The zero-order valence-electron chi connectivity index (χ0n) is 14.3. The summed E-state index contributed by atoms with van der Waals surface area (Å²) in [6, 6.07) is 5.75. The van der Waals surface area contributed by atoms with Gasteiger partial charge in [-0.15, -0.1) is 0 Å². The summed E-state index contributed by atoms with van der Waals surface area (Å²) in [7, 11) is 1.58. The molecule has 1 atom stereocenters. The molecule has 1 N–H and O–H groups in total. The van der Waals surface area contributed by atoms with Crippen molar-refractivity contribution in [3.8, 4) is 0 Å². The molecule has 3 rings (SSSR count). The van der Waals surface area contributed by atoms with E-state index in [9.17, 15) is 14.0 Å². The van der Waals surface area contributed by atoms with Gasteiger partial charge in [-0.1, -0.05) is 11.2 Å². The Bertz CT molecular complexity index is 795. The van der Waals surface area contributed by atoms with Crippen LogP contribution in [0.1, 0.15) is 18.1 Å². The number of nitrogens with zero attached hydrogens (tertiary/aromatic N) is 3. The summed E-state index contributed by atoms with van der Waals surface area (Å²) >= 11 is 0. The lowest BCUT2D eigenvalue weighted by atomic mass is 10.1. The minimum atomic E-state index is -0.509. The van der Waals surface area contributed by atoms with Gasteiger partial charge in [-0.3, -0.25) is 9.59 Å². The van der Waals surface area contributed by atoms with Crippen LogP contribution >= 0.6 is 0 Å². The normalized spacial score (nSPS) is 16.9. The molecule has 8 nitrogen and oxygen atoms in total. The number of anilines is 1. The molecule has 1 aromatic carbocycles. The highest BCUT2D eigenvalue weighted by Crippen LogP contribution is 2.25. The van der Waals surface area contributed by atoms with E-state index in [4.69, 9.17) is 9.26 Å². The summed E-state index contributed by atoms with van der Waals surface area (Å²) in [5.41, 5.74) is 0.450. The maximum Gasteiger partial charge on any atom is 0.229 e. The van der Waals surface area contributed by atoms with E-state index in [1.165, 1.54) is 23.1 Å². The molecule has 2 heterocycles. The molecule has 2 aromatic rings. The van der Waals surface area contributed by atoms with Crippen LogP contribution in [-0.2, 0) is 27.3 Å². The van der Waals surface area contributed by atoms with Crippen LogP contribution in [0.4, 0.5) is 10.1 Å². The number of carbonyl (C=O) groups is 2. The third-order valence-electron chi connectivity index (χ3n) is 4.07. The molecule has 26 heavy (non-hydrogen) atoms. The van der Waals surface area contributed by atoms with Crippen LogP contribution in [-0.4, -0.2) is 42.2 Å². The Hall–Kier alpha value is -2.81. The van der Waals surface area contributed by atoms with E-state index in [1.807, 2.05) is 0 Å². The summed E-state index contributed by atoms with van der Waals surface area (Å²) in [5, 5.41) is 6.49. The second-order valence-corrected chi connectivity index (χ2v) is 5.95. The average molecular weight is 362 g/mol. The molecule has 0 aliphatic carbocycles. The molecule has 0 spiro atoms. The van der Waals surface area contributed by atoms with Crippen molar-refractivity contribution >= 4 is 17.5 Å². The first-order valence-electron chi connectivity index (χ1n) is 8.21. The third-order valence-corrected chi connectivity index (χ3v) is 4.07. The van der Waals surface area contributed by atoms with Crippen molar-refractivity contribution in [1.29, 1.82) is 0 Å². The molecule has 1 aliphatic heterocycles. The van der Waals surface area contributed by atoms with E-state index in [0.29, 0.717) is 30.4 Å². The maximum absolute atomic E-state index is 13.3. The van der Waals surface area contributed by atoms with Crippen molar-refractivity contribution in [3.05, 3.63) is 41.8 Å². The van der Waals surface area contributed by atoms with Gasteiger partial charge in [0.25, 0.3) is 0 Å². The van der Waals surface area contributed by atoms with E-state index in [-0.39, 0.29) is 31.3 Å². The van der Waals surface area contributed by atoms with Crippen LogP contribution in [0.2, 0.25) is 0 Å². The van der Waals surface area contributed by atoms with Gasteiger partial charge in [0.1, 0.15) is 5.82 Å². The van der Waals surface area contributed by atoms with Crippen LogP contribution in [0, 0.1) is 11.7 Å². The third kappa shape index (κ3) is 4.23. The monoisotopic (exact) mass is 362 g/mol. The second kappa shape index (κ2) is 8.05. The zero-order valence-corrected chi connectivity index (χ0v) is 14.3. The van der Waals surface area contributed by atoms with Gasteiger partial charge in [0, 0.05) is 25.8 Å². The Morgan fingerprint density at radius 2 is 2.35 bits per heavy atom. The SMILES string of the molecule is COCCc1nc(CNC(=O)C2CC(=O)N(c3cccc(F)c3)C2)no1. The highest BCUT2D eigenvalue weighted by molar-refractivity contribution is 6.00. The molecule has 1 unspecified atom stereocenters. The first-order valence-corrected chi connectivity index (χ1v) is 8.21. The van der Waals surface area contributed by atoms with Crippen LogP contribution < -0.4 is 10.2 Å². The molecule has 9 heteroatoms. The fourth-order valence-electron chi connectivity index (χ4n) is 2.74. The van der Waals surface area contributed by atoms with Crippen molar-refractivity contribution in [3.63, 3.8) is 0 Å². The molecule has 138 valence electrons. The lowest BCUT2D eigenvalue weighted by Gasteiger charge is -2.16. The van der Waals surface area contributed by atoms with Crippen molar-refractivity contribution in [2.24, 2.45) is 5.92 Å². The topological polar surface area (TPSA) is 97.6 Å². The maximum atomic E-state index is 13.3. The Morgan fingerprint density at radius 3 is 3.12 bits per heavy atom. The number of aromatic nitrogens is 2. The number of halogens is 1. The van der Waals surface area contributed by atoms with Gasteiger partial charge < -0.3 is 19.5 Å². The van der Waals surface area contributed by atoms with Gasteiger partial charge in [0.2, 0.25) is 17.7 Å². The van der Waals surface area contributed by atoms with Gasteiger partial charge in [-0.2, -0.15) is 4.98 Å². The van der Waals surface area contributed by atoms with Crippen LogP contribution in [0.3, 0.4) is 0 Å². The lowest BCUT2D eigenvalue weighted by molar-refractivity contribution is -0.126. The summed E-state index contributed by atoms with van der Waals surface area (Å²) in [5.74, 6) is -0.631. The van der Waals surface area contributed by atoms with Crippen LogP contribution in [0.15, 0.2) is 28.8 Å². The molecule has 1 fully saturated rings. The number of benzene rings is 1. The summed E-state index contributed by atoms with van der Waals surface area (Å²) in [4.78, 5) is 30.0. The van der Waals surface area contributed by atoms with Gasteiger partial charge in [-0.05, 0) is 18.2 Å². The lowest BCUT2D eigenvalue weighted by Crippen LogP contribution is -2.32. The summed E-state index contributed by atoms with van der Waals surface area (Å²) in [6.45, 7) is 0.785. The minimum Gasteiger partial charge on any atom is -0.384 e. The van der Waals surface area contributed by atoms with Gasteiger partial charge in [-0.25, -0.2) is 4.39 Å². The number of ether oxygens (including phenoxy) is 1. The molecule has 1 aliphatic rings. The molecule has 1 aromatic heterocycles. The predicted octanol–water partition coefficient (Wildman–Crippen LogP) is 1.07. The zero-order chi connectivity index (χ0) is 18.5. The van der Waals surface area contributed by atoms with Crippen LogP contribution in [0.5, 0.6) is 0 Å². The Balaban J connectivity index is 1.54. The second-order valence-electron chi connectivity index (χ2n) is 5.95. The number of rotatable bonds is 7. The van der Waals surface area contributed by atoms with E-state index in [2.05, 4.69) is 15.5 Å². The molecule has 0 radical (unpaired) electrons. The number of methoxy groups -OCH3 is 1. The minimum absolute atomic E-state index is 0.0771. The quantitative estimate of drug-likeness (QED) is 0.791. The van der Waals surface area contributed by atoms with Crippen molar-refractivity contribution in [1.82, 2.24) is 15.5 Å². The number of hydrogen-bond donors (Lipinski definition) is 1. The molecular formula is C17H19FN4O4. The first kappa shape index (κ1) is 18.0. The fraction of sp³-hybridized carbons (Fsp3) is 0.412. The Kier molecular flexibility index (Phi) is 5.57. The Morgan fingerprint density at radius 1 is 1.50 bits per heavy atom. The number of amides is 2. The van der Waals surface area contributed by atoms with Gasteiger partial charge in [0.05, 0.1) is 25.5 Å². The molecule has 0 bridgehead atoms. The number of hydrogen-bond acceptors (Lipinski definition) is 6. The average Bonchev–Trinajstić information content (AvgIpc) is 3.24. The Labute approximate surface area is 149 Å². The highest BCUT2D eigenvalue weighted by atomic mass is 19.1. The van der Waals surface area contributed by atoms with E-state index in [1.54, 1.807) is 13.2 Å². The van der Waals surface area contributed by atoms with E-state index in [0.717, 1.165) is 0 Å². The van der Waals surface area contributed by atoms with Crippen molar-refractivity contribution in [2.75, 3.05) is 25.2 Å². The molecule has 2 amide bonds. The van der Waals surface area contributed by atoms with Crippen molar-refractivity contribution in [2.45, 2.75) is 19.4 Å². The van der Waals surface area contributed by atoms with E-state index < -0.39 is 11.7 Å². The van der Waals surface area contributed by atoms with Gasteiger partial charge in [0.15, 0.2) is 5.82 Å². The summed E-state index contributed by atoms with van der Waals surface area (Å²) < 4.78 is 23.3. The molecule has 0 saturated carbocycles. The molecular weight excluding hydrogens is 343 g/mol. The summed E-state index contributed by atoms with van der Waals surface area (Å²) in [6.07, 6.45) is 0.574. The first-order chi connectivity index (χ1) is 12.6. The largest absolute Gasteiger partial charge is 0.384 e. The number of carbonyl (C=O) groups excluding carboxylic acids is 2.